The molecular weight excluding hydrogens is 233 g/mol. The standard InChI is InChI=1S/C11H9Cl2NO/c12-7-1-2-8(10(13)5-7)9-3-4-11(9)14-6-15/h1-2,5-6H,3-4H2,(H,14,15). The van der Waals surface area contributed by atoms with E-state index >= 15 is 0 Å². The van der Waals surface area contributed by atoms with Crippen molar-refractivity contribution in [1.82, 2.24) is 5.32 Å². The zero-order chi connectivity index (χ0) is 10.8. The van der Waals surface area contributed by atoms with Gasteiger partial charge >= 0.3 is 0 Å². The minimum atomic E-state index is 0.619. The van der Waals surface area contributed by atoms with Crippen LogP contribution in [0.5, 0.6) is 0 Å². The van der Waals surface area contributed by atoms with E-state index in [1.165, 1.54) is 0 Å². The highest BCUT2D eigenvalue weighted by atomic mass is 35.5. The molecule has 0 radical (unpaired) electrons. The highest BCUT2D eigenvalue weighted by molar-refractivity contribution is 6.35. The van der Waals surface area contributed by atoms with E-state index in [-0.39, 0.29) is 0 Å². The molecule has 4 heteroatoms. The molecule has 78 valence electrons. The second kappa shape index (κ2) is 4.25. The molecule has 0 saturated heterocycles. The van der Waals surface area contributed by atoms with Crippen LogP contribution in [0.4, 0.5) is 0 Å². The SMILES string of the molecule is O=CNC1=C(c2ccc(Cl)cc2Cl)CC1. The Hall–Kier alpha value is -0.990. The van der Waals surface area contributed by atoms with Crippen LogP contribution < -0.4 is 5.32 Å². The number of hydrogen-bond donors (Lipinski definition) is 1. The van der Waals surface area contributed by atoms with Crippen LogP contribution in [-0.2, 0) is 4.79 Å². The third-order valence-corrected chi connectivity index (χ3v) is 3.03. The number of rotatable bonds is 3. The average Bonchev–Trinajstić information content (AvgIpc) is 2.17. The van der Waals surface area contributed by atoms with Gasteiger partial charge in [-0.05, 0) is 36.1 Å². The smallest absolute Gasteiger partial charge is 0.211 e. The lowest BCUT2D eigenvalue weighted by atomic mass is 9.88. The van der Waals surface area contributed by atoms with Gasteiger partial charge in [-0.1, -0.05) is 29.3 Å². The molecule has 15 heavy (non-hydrogen) atoms. The maximum Gasteiger partial charge on any atom is 0.211 e. The van der Waals surface area contributed by atoms with Crippen molar-refractivity contribution < 1.29 is 4.79 Å². The van der Waals surface area contributed by atoms with Crippen LogP contribution in [0.2, 0.25) is 10.0 Å². The quantitative estimate of drug-likeness (QED) is 0.810. The average molecular weight is 242 g/mol. The fraction of sp³-hybridized carbons (Fsp3) is 0.182. The maximum absolute atomic E-state index is 10.3. The fourth-order valence-electron chi connectivity index (χ4n) is 1.64. The van der Waals surface area contributed by atoms with Crippen LogP contribution in [0.3, 0.4) is 0 Å². The van der Waals surface area contributed by atoms with E-state index < -0.39 is 0 Å². The molecule has 1 N–H and O–H groups in total. The van der Waals surface area contributed by atoms with Gasteiger partial charge in [0.05, 0.1) is 0 Å². The number of carbonyl (C=O) groups is 1. The second-order valence-electron chi connectivity index (χ2n) is 3.34. The molecule has 1 aliphatic carbocycles. The van der Waals surface area contributed by atoms with Gasteiger partial charge in [0.25, 0.3) is 0 Å². The highest BCUT2D eigenvalue weighted by Crippen LogP contribution is 2.38. The van der Waals surface area contributed by atoms with Gasteiger partial charge in [-0.3, -0.25) is 4.79 Å². The summed E-state index contributed by atoms with van der Waals surface area (Å²) in [5, 5.41) is 3.93. The molecular formula is C11H9Cl2NO. The Morgan fingerprint density at radius 2 is 2.07 bits per heavy atom. The summed E-state index contributed by atoms with van der Waals surface area (Å²) in [5.41, 5.74) is 3.01. The predicted octanol–water partition coefficient (Wildman–Crippen LogP) is 3.24. The Kier molecular flexibility index (Phi) is 2.98. The van der Waals surface area contributed by atoms with Crippen LogP contribution in [0.15, 0.2) is 23.9 Å². The van der Waals surface area contributed by atoms with E-state index in [2.05, 4.69) is 5.32 Å². The number of hydrogen-bond acceptors (Lipinski definition) is 1. The first-order valence-electron chi connectivity index (χ1n) is 4.60. The maximum atomic E-state index is 10.3. The molecule has 0 aromatic heterocycles. The molecule has 1 aliphatic rings. The van der Waals surface area contributed by atoms with E-state index in [4.69, 9.17) is 23.2 Å². The van der Waals surface area contributed by atoms with Crippen LogP contribution in [0.1, 0.15) is 18.4 Å². The largest absolute Gasteiger partial charge is 0.332 e. The van der Waals surface area contributed by atoms with E-state index in [9.17, 15) is 4.79 Å². The molecule has 1 amide bonds. The van der Waals surface area contributed by atoms with E-state index in [1.54, 1.807) is 12.1 Å². The number of carbonyl (C=O) groups excluding carboxylic acids is 1. The first-order chi connectivity index (χ1) is 7.22. The molecule has 0 atom stereocenters. The van der Waals surface area contributed by atoms with Gasteiger partial charge in [0.2, 0.25) is 6.41 Å². The summed E-state index contributed by atoms with van der Waals surface area (Å²) in [7, 11) is 0. The predicted molar refractivity (Wildman–Crippen MR) is 61.8 cm³/mol. The number of allylic oxidation sites excluding steroid dienone is 2. The topological polar surface area (TPSA) is 29.1 Å². The molecule has 0 saturated carbocycles. The molecule has 0 fully saturated rings. The number of benzene rings is 1. The van der Waals surface area contributed by atoms with Crippen molar-refractivity contribution in [2.75, 3.05) is 0 Å². The first-order valence-corrected chi connectivity index (χ1v) is 5.35. The molecule has 1 aromatic carbocycles. The Bertz CT molecular complexity index is 440. The van der Waals surface area contributed by atoms with Crippen LogP contribution >= 0.6 is 23.2 Å². The van der Waals surface area contributed by atoms with Gasteiger partial charge < -0.3 is 5.32 Å². The lowest BCUT2D eigenvalue weighted by Crippen LogP contribution is -2.19. The lowest BCUT2D eigenvalue weighted by molar-refractivity contribution is -0.109. The fourth-order valence-corrected chi connectivity index (χ4v) is 2.16. The normalized spacial score (nSPS) is 14.8. The molecule has 2 nitrogen and oxygen atoms in total. The van der Waals surface area contributed by atoms with Crippen molar-refractivity contribution in [2.24, 2.45) is 0 Å². The van der Waals surface area contributed by atoms with Gasteiger partial charge in [0.15, 0.2) is 0 Å². The molecule has 1 aromatic rings. The van der Waals surface area contributed by atoms with E-state index in [1.807, 2.05) is 6.07 Å². The van der Waals surface area contributed by atoms with Crippen LogP contribution in [-0.4, -0.2) is 6.41 Å². The van der Waals surface area contributed by atoms with Crippen LogP contribution in [0, 0.1) is 0 Å². The first kappa shape index (κ1) is 10.5. The van der Waals surface area contributed by atoms with Gasteiger partial charge in [-0.25, -0.2) is 0 Å². The molecule has 0 unspecified atom stereocenters. The minimum Gasteiger partial charge on any atom is -0.332 e. The van der Waals surface area contributed by atoms with Crippen molar-refractivity contribution in [3.05, 3.63) is 39.5 Å². The summed E-state index contributed by atoms with van der Waals surface area (Å²) in [4.78, 5) is 10.3. The molecule has 0 spiro atoms. The van der Waals surface area contributed by atoms with Crippen molar-refractivity contribution >= 4 is 35.2 Å². The monoisotopic (exact) mass is 241 g/mol. The Morgan fingerprint density at radius 1 is 1.27 bits per heavy atom. The molecule has 0 heterocycles. The zero-order valence-electron chi connectivity index (χ0n) is 7.89. The molecule has 0 bridgehead atoms. The summed E-state index contributed by atoms with van der Waals surface area (Å²) in [5.74, 6) is 0. The molecule has 0 aliphatic heterocycles. The number of nitrogens with one attached hydrogen (secondary N) is 1. The lowest BCUT2D eigenvalue weighted by Gasteiger charge is -2.24. The summed E-state index contributed by atoms with van der Waals surface area (Å²) in [6, 6.07) is 5.39. The van der Waals surface area contributed by atoms with E-state index in [0.29, 0.717) is 16.5 Å². The van der Waals surface area contributed by atoms with Gasteiger partial charge in [0, 0.05) is 15.7 Å². The van der Waals surface area contributed by atoms with Crippen LogP contribution in [0.25, 0.3) is 5.57 Å². The van der Waals surface area contributed by atoms with Gasteiger partial charge in [-0.2, -0.15) is 0 Å². The summed E-state index contributed by atoms with van der Waals surface area (Å²) in [6.07, 6.45) is 2.53. The van der Waals surface area contributed by atoms with Crippen molar-refractivity contribution in [3.63, 3.8) is 0 Å². The number of amides is 1. The Balaban J connectivity index is 2.38. The molecule has 2 rings (SSSR count). The summed E-state index contributed by atoms with van der Waals surface area (Å²) < 4.78 is 0. The third-order valence-electron chi connectivity index (χ3n) is 2.48. The zero-order valence-corrected chi connectivity index (χ0v) is 9.40. The summed E-state index contributed by atoms with van der Waals surface area (Å²) >= 11 is 11.9. The summed E-state index contributed by atoms with van der Waals surface area (Å²) in [6.45, 7) is 0. The number of halogens is 2. The van der Waals surface area contributed by atoms with E-state index in [0.717, 1.165) is 29.7 Å². The van der Waals surface area contributed by atoms with Gasteiger partial charge in [0.1, 0.15) is 0 Å². The van der Waals surface area contributed by atoms with Crippen molar-refractivity contribution in [3.8, 4) is 0 Å². The van der Waals surface area contributed by atoms with Crippen molar-refractivity contribution in [2.45, 2.75) is 12.8 Å². The Labute approximate surface area is 97.9 Å². The van der Waals surface area contributed by atoms with Crippen molar-refractivity contribution in [1.29, 1.82) is 0 Å². The van der Waals surface area contributed by atoms with Gasteiger partial charge in [-0.15, -0.1) is 0 Å². The highest BCUT2D eigenvalue weighted by Gasteiger charge is 2.20. The third kappa shape index (κ3) is 2.01. The second-order valence-corrected chi connectivity index (χ2v) is 4.19. The minimum absolute atomic E-state index is 0.619. The Morgan fingerprint density at radius 3 is 2.60 bits per heavy atom.